The van der Waals surface area contributed by atoms with E-state index in [0.717, 1.165) is 33.3 Å². The van der Waals surface area contributed by atoms with Crippen molar-refractivity contribution in [2.75, 3.05) is 13.2 Å². The Morgan fingerprint density at radius 1 is 0.686 bits per heavy atom. The lowest BCUT2D eigenvalue weighted by molar-refractivity contribution is 0.215. The molecule has 0 spiro atoms. The first kappa shape index (κ1) is 25.6. The summed E-state index contributed by atoms with van der Waals surface area (Å²) in [6.07, 6.45) is 0. The Balaban J connectivity index is 1.34. The second-order valence-corrected chi connectivity index (χ2v) is 15.0. The van der Waals surface area contributed by atoms with Crippen LogP contribution in [0.5, 0.6) is 11.5 Å². The van der Waals surface area contributed by atoms with Gasteiger partial charge in [-0.15, -0.1) is 0 Å². The molecule has 0 saturated heterocycles. The lowest BCUT2D eigenvalue weighted by Gasteiger charge is -2.19. The lowest BCUT2D eigenvalue weighted by Crippen LogP contribution is -2.20. The van der Waals surface area contributed by atoms with Gasteiger partial charge in [-0.1, -0.05) is 24.3 Å². The fraction of sp³-hybridized carbons (Fsp3) is 0.0769. The van der Waals surface area contributed by atoms with E-state index in [1.807, 2.05) is 48.5 Å². The molecule has 35 heavy (non-hydrogen) atoms. The smallest absolute Gasteiger partial charge is 0.216 e. The highest BCUT2D eigenvalue weighted by molar-refractivity contribution is 14.1. The SMILES string of the molecule is O=S1(=O)c2ccccc2[S+](c2ccc(OCCOc3c(I)cc(I)cc3I)cc2)c2ccccc21. The molecule has 1 heterocycles. The average Bonchev–Trinajstić information content (AvgIpc) is 2.84. The van der Waals surface area contributed by atoms with E-state index in [2.05, 4.69) is 79.9 Å². The molecule has 0 fully saturated rings. The van der Waals surface area contributed by atoms with E-state index in [1.54, 1.807) is 24.3 Å². The zero-order chi connectivity index (χ0) is 24.6. The van der Waals surface area contributed by atoms with Gasteiger partial charge in [0, 0.05) is 3.57 Å². The molecule has 4 aromatic carbocycles. The Bertz CT molecular complexity index is 1430. The number of hydrogen-bond acceptors (Lipinski definition) is 4. The summed E-state index contributed by atoms with van der Waals surface area (Å²) < 4.78 is 41.6. The monoisotopic (exact) mass is 839 g/mol. The van der Waals surface area contributed by atoms with Gasteiger partial charge in [-0.2, -0.15) is 0 Å². The Kier molecular flexibility index (Phi) is 7.87. The third-order valence-corrected chi connectivity index (χ3v) is 12.0. The van der Waals surface area contributed by atoms with Crippen LogP contribution in [0.4, 0.5) is 0 Å². The first-order chi connectivity index (χ1) is 16.9. The molecule has 0 bridgehead atoms. The van der Waals surface area contributed by atoms with E-state index in [0.29, 0.717) is 23.0 Å². The molecule has 0 atom stereocenters. The highest BCUT2D eigenvalue weighted by atomic mass is 127. The molecule has 0 saturated carbocycles. The molecule has 1 aliphatic heterocycles. The maximum absolute atomic E-state index is 13.2. The standard InChI is InChI=1S/C26H18I3O4S2/c27-17-15-20(28)26(21(29)16-17)33-14-13-32-18-9-11-19(12-10-18)34-22-5-1-3-7-24(22)35(30,31)25-8-4-2-6-23(25)34/h1-12,15-16H,13-14H2/q+1. The van der Waals surface area contributed by atoms with Crippen molar-refractivity contribution in [1.29, 1.82) is 0 Å². The predicted molar refractivity (Wildman–Crippen MR) is 163 cm³/mol. The highest BCUT2D eigenvalue weighted by Crippen LogP contribution is 2.44. The molecular weight excluding hydrogens is 821 g/mol. The Labute approximate surface area is 248 Å². The van der Waals surface area contributed by atoms with Crippen LogP contribution >= 0.6 is 67.8 Å². The number of hydrogen-bond donors (Lipinski definition) is 0. The van der Waals surface area contributed by atoms with Crippen LogP contribution in [0.15, 0.2) is 109 Å². The summed E-state index contributed by atoms with van der Waals surface area (Å²) in [7, 11) is -4.04. The Hall–Kier alpha value is -1.03. The third-order valence-electron chi connectivity index (χ3n) is 5.34. The van der Waals surface area contributed by atoms with Crippen LogP contribution in [0.3, 0.4) is 0 Å². The number of sulfone groups is 1. The number of benzene rings is 4. The molecule has 0 amide bonds. The van der Waals surface area contributed by atoms with Crippen LogP contribution in [0.2, 0.25) is 0 Å². The minimum absolute atomic E-state index is 0.388. The van der Waals surface area contributed by atoms with Crippen molar-refractivity contribution < 1.29 is 17.9 Å². The van der Waals surface area contributed by atoms with Gasteiger partial charge in [-0.05, 0) is 128 Å². The van der Waals surface area contributed by atoms with Gasteiger partial charge in [0.25, 0.3) is 0 Å². The topological polar surface area (TPSA) is 52.6 Å². The highest BCUT2D eigenvalue weighted by Gasteiger charge is 2.44. The van der Waals surface area contributed by atoms with Crippen molar-refractivity contribution in [3.8, 4) is 11.5 Å². The summed E-state index contributed by atoms with van der Waals surface area (Å²) in [5, 5.41) is 0. The number of rotatable bonds is 6. The predicted octanol–water partition coefficient (Wildman–Crippen LogP) is 7.20. The van der Waals surface area contributed by atoms with Gasteiger partial charge in [0.15, 0.2) is 14.7 Å². The summed E-state index contributed by atoms with van der Waals surface area (Å²) in [6.45, 7) is 0.866. The van der Waals surface area contributed by atoms with Gasteiger partial charge in [0.1, 0.15) is 45.4 Å². The first-order valence-corrected chi connectivity index (χ1v) is 16.5. The second-order valence-electron chi connectivity index (χ2n) is 7.57. The molecule has 0 N–H and O–H groups in total. The molecule has 0 unspecified atom stereocenters. The van der Waals surface area contributed by atoms with Gasteiger partial charge >= 0.3 is 0 Å². The van der Waals surface area contributed by atoms with Crippen molar-refractivity contribution in [2.24, 2.45) is 0 Å². The Morgan fingerprint density at radius 3 is 1.77 bits per heavy atom. The van der Waals surface area contributed by atoms with Crippen LogP contribution < -0.4 is 9.47 Å². The fourth-order valence-corrected chi connectivity index (χ4v) is 12.4. The van der Waals surface area contributed by atoms with E-state index in [1.165, 1.54) is 3.57 Å². The van der Waals surface area contributed by atoms with Crippen molar-refractivity contribution in [2.45, 2.75) is 24.5 Å². The Morgan fingerprint density at radius 2 is 1.20 bits per heavy atom. The maximum Gasteiger partial charge on any atom is 0.216 e. The van der Waals surface area contributed by atoms with Gasteiger partial charge in [-0.3, -0.25) is 0 Å². The summed E-state index contributed by atoms with van der Waals surface area (Å²) in [5.74, 6) is 1.63. The number of halogens is 3. The summed E-state index contributed by atoms with van der Waals surface area (Å²) in [5.41, 5.74) is 0. The largest absolute Gasteiger partial charge is 0.490 e. The van der Waals surface area contributed by atoms with Gasteiger partial charge in [-0.25, -0.2) is 8.42 Å². The van der Waals surface area contributed by atoms with E-state index < -0.39 is 20.7 Å². The summed E-state index contributed by atoms with van der Waals surface area (Å²) in [6, 6.07) is 26.7. The normalized spacial score (nSPS) is 14.1. The molecule has 5 rings (SSSR count). The van der Waals surface area contributed by atoms with E-state index in [4.69, 9.17) is 9.47 Å². The summed E-state index contributed by atoms with van der Waals surface area (Å²) >= 11 is 6.88. The molecule has 0 radical (unpaired) electrons. The van der Waals surface area contributed by atoms with Crippen molar-refractivity contribution in [3.05, 3.63) is 95.6 Å². The third kappa shape index (κ3) is 5.20. The van der Waals surface area contributed by atoms with E-state index >= 15 is 0 Å². The fourth-order valence-electron chi connectivity index (χ4n) is 3.81. The zero-order valence-electron chi connectivity index (χ0n) is 18.1. The van der Waals surface area contributed by atoms with Gasteiger partial charge in [0.2, 0.25) is 9.84 Å². The van der Waals surface area contributed by atoms with E-state index in [9.17, 15) is 8.42 Å². The molecule has 9 heteroatoms. The molecule has 4 nitrogen and oxygen atoms in total. The summed E-state index contributed by atoms with van der Waals surface area (Å²) in [4.78, 5) is 3.48. The van der Waals surface area contributed by atoms with Crippen molar-refractivity contribution in [1.82, 2.24) is 0 Å². The minimum atomic E-state index is -3.53. The van der Waals surface area contributed by atoms with Gasteiger partial charge < -0.3 is 9.47 Å². The minimum Gasteiger partial charge on any atom is -0.490 e. The van der Waals surface area contributed by atoms with Gasteiger partial charge in [0.05, 0.1) is 7.14 Å². The molecule has 178 valence electrons. The molecule has 1 aliphatic rings. The average molecular weight is 839 g/mol. The van der Waals surface area contributed by atoms with Crippen LogP contribution in [-0.4, -0.2) is 21.6 Å². The number of ether oxygens (including phenoxy) is 2. The molecule has 0 aliphatic carbocycles. The molecular formula is C26H18I3O4S2+. The van der Waals surface area contributed by atoms with Crippen molar-refractivity contribution >= 4 is 88.5 Å². The van der Waals surface area contributed by atoms with E-state index in [-0.39, 0.29) is 0 Å². The molecule has 4 aromatic rings. The molecule has 0 aromatic heterocycles. The van der Waals surface area contributed by atoms with Crippen LogP contribution in [0.25, 0.3) is 0 Å². The number of fused-ring (bicyclic) bond motifs is 2. The quantitative estimate of drug-likeness (QED) is 0.103. The lowest BCUT2D eigenvalue weighted by atomic mass is 10.3. The second kappa shape index (κ2) is 10.8. The first-order valence-electron chi connectivity index (χ1n) is 10.5. The zero-order valence-corrected chi connectivity index (χ0v) is 26.2. The van der Waals surface area contributed by atoms with Crippen LogP contribution in [0.1, 0.15) is 0 Å². The van der Waals surface area contributed by atoms with Crippen LogP contribution in [0, 0.1) is 10.7 Å². The maximum atomic E-state index is 13.2. The van der Waals surface area contributed by atoms with Crippen LogP contribution in [-0.2, 0) is 20.7 Å². The van der Waals surface area contributed by atoms with Crippen molar-refractivity contribution in [3.63, 3.8) is 0 Å².